The van der Waals surface area contributed by atoms with Gasteiger partial charge in [0.15, 0.2) is 5.82 Å². The van der Waals surface area contributed by atoms with E-state index in [0.717, 1.165) is 21.1 Å². The zero-order chi connectivity index (χ0) is 17.4. The van der Waals surface area contributed by atoms with Gasteiger partial charge in [0, 0.05) is 28.1 Å². The molecule has 2 aromatic carbocycles. The highest BCUT2D eigenvalue weighted by Gasteiger charge is 2.16. The maximum absolute atomic E-state index is 6.30. The van der Waals surface area contributed by atoms with Crippen LogP contribution in [0.5, 0.6) is 0 Å². The van der Waals surface area contributed by atoms with E-state index in [1.165, 1.54) is 11.3 Å². The Bertz CT molecular complexity index is 1010. The van der Waals surface area contributed by atoms with E-state index in [-0.39, 0.29) is 6.04 Å². The molecule has 1 unspecified atom stereocenters. The van der Waals surface area contributed by atoms with E-state index in [9.17, 15) is 0 Å². The van der Waals surface area contributed by atoms with Crippen molar-refractivity contribution in [3.05, 3.63) is 69.1 Å². The Morgan fingerprint density at radius 3 is 2.28 bits per heavy atom. The van der Waals surface area contributed by atoms with Crippen LogP contribution in [0.2, 0.25) is 10.0 Å². The third-order valence-electron chi connectivity index (χ3n) is 3.83. The molecule has 0 fully saturated rings. The summed E-state index contributed by atoms with van der Waals surface area (Å²) in [6, 6.07) is 14.8. The first-order chi connectivity index (χ1) is 12.1. The molecule has 4 rings (SSSR count). The molecule has 0 amide bonds. The largest absolute Gasteiger partial charge is 0.324 e. The zero-order valence-electron chi connectivity index (χ0n) is 12.9. The lowest BCUT2D eigenvalue weighted by Crippen LogP contribution is -2.13. The van der Waals surface area contributed by atoms with Crippen molar-refractivity contribution in [2.24, 2.45) is 5.73 Å². The molecule has 2 aromatic heterocycles. The van der Waals surface area contributed by atoms with E-state index < -0.39 is 0 Å². The van der Waals surface area contributed by atoms with Gasteiger partial charge in [0.2, 0.25) is 4.96 Å². The van der Waals surface area contributed by atoms with Crippen LogP contribution in [0.25, 0.3) is 16.3 Å². The van der Waals surface area contributed by atoms with Crippen molar-refractivity contribution in [1.82, 2.24) is 19.8 Å². The number of halogens is 2. The van der Waals surface area contributed by atoms with Gasteiger partial charge in [0.05, 0.1) is 0 Å². The first kappa shape index (κ1) is 16.5. The van der Waals surface area contributed by atoms with Gasteiger partial charge < -0.3 is 5.73 Å². The van der Waals surface area contributed by atoms with Crippen LogP contribution in [-0.4, -0.2) is 19.8 Å². The number of rotatable bonds is 4. The number of hydrogen-bond acceptors (Lipinski definition) is 5. The summed E-state index contributed by atoms with van der Waals surface area (Å²) in [5.74, 6) is 0.689. The third kappa shape index (κ3) is 3.39. The fourth-order valence-corrected chi connectivity index (χ4v) is 3.68. The number of fused-ring (bicyclic) bond motifs is 1. The summed E-state index contributed by atoms with van der Waals surface area (Å²) in [6.45, 7) is 0. The summed E-state index contributed by atoms with van der Waals surface area (Å²) in [4.78, 5) is 0.739. The molecule has 25 heavy (non-hydrogen) atoms. The average molecular weight is 390 g/mol. The fraction of sp³-hybridized carbons (Fsp3) is 0.118. The van der Waals surface area contributed by atoms with Crippen molar-refractivity contribution in [3.63, 3.8) is 0 Å². The van der Waals surface area contributed by atoms with E-state index in [1.54, 1.807) is 4.52 Å². The molecule has 8 heteroatoms. The van der Waals surface area contributed by atoms with Gasteiger partial charge in [-0.05, 0) is 42.0 Å². The van der Waals surface area contributed by atoms with Crippen LogP contribution in [0.3, 0.4) is 0 Å². The molecule has 0 spiro atoms. The van der Waals surface area contributed by atoms with Gasteiger partial charge in [-0.2, -0.15) is 9.61 Å². The molecule has 0 radical (unpaired) electrons. The first-order valence-electron chi connectivity index (χ1n) is 7.58. The summed E-state index contributed by atoms with van der Waals surface area (Å²) in [7, 11) is 0. The highest BCUT2D eigenvalue weighted by Crippen LogP contribution is 2.25. The maximum atomic E-state index is 6.30. The van der Waals surface area contributed by atoms with Crippen LogP contribution >= 0.6 is 34.5 Å². The molecule has 5 nitrogen and oxygen atoms in total. The summed E-state index contributed by atoms with van der Waals surface area (Å²) in [6.07, 6.45) is 0.621. The lowest BCUT2D eigenvalue weighted by molar-refractivity contribution is 0.705. The second-order valence-electron chi connectivity index (χ2n) is 5.58. The molecule has 126 valence electrons. The van der Waals surface area contributed by atoms with Crippen LogP contribution in [-0.2, 0) is 6.42 Å². The van der Waals surface area contributed by atoms with Gasteiger partial charge in [0.25, 0.3) is 0 Å². The van der Waals surface area contributed by atoms with Crippen molar-refractivity contribution >= 4 is 39.5 Å². The number of nitrogens with two attached hydrogens (primary N) is 1. The Labute approximate surface area is 158 Å². The molecule has 4 aromatic rings. The highest BCUT2D eigenvalue weighted by atomic mass is 35.5. The minimum atomic E-state index is -0.153. The molecule has 1 atom stereocenters. The molecule has 0 saturated heterocycles. The second kappa shape index (κ2) is 6.72. The average Bonchev–Trinajstić information content (AvgIpc) is 3.16. The zero-order valence-corrected chi connectivity index (χ0v) is 15.3. The Balaban J connectivity index is 1.61. The molecule has 2 heterocycles. The molecule has 0 aliphatic rings. The van der Waals surface area contributed by atoms with Crippen molar-refractivity contribution in [3.8, 4) is 11.4 Å². The van der Waals surface area contributed by atoms with Crippen LogP contribution < -0.4 is 5.73 Å². The SMILES string of the molecule is NC(Cc1nn2c(-c3ccc(Cl)cc3)nnc2s1)c1ccc(Cl)cc1. The summed E-state index contributed by atoms with van der Waals surface area (Å²) < 4.78 is 1.75. The number of hydrogen-bond donors (Lipinski definition) is 1. The smallest absolute Gasteiger partial charge is 0.234 e. The van der Waals surface area contributed by atoms with Crippen LogP contribution in [0.4, 0.5) is 0 Å². The standard InChI is InChI=1S/C17H13Cl2N5S/c18-12-5-1-10(2-6-12)14(20)9-15-23-24-16(21-22-17(24)25-15)11-3-7-13(19)8-4-11/h1-8,14H,9,20H2. The molecule has 0 aliphatic heterocycles. The Hall–Kier alpha value is -1.99. The van der Waals surface area contributed by atoms with E-state index in [4.69, 9.17) is 28.9 Å². The van der Waals surface area contributed by atoms with Crippen LogP contribution in [0.1, 0.15) is 16.6 Å². The highest BCUT2D eigenvalue weighted by molar-refractivity contribution is 7.16. The van der Waals surface area contributed by atoms with Gasteiger partial charge in [-0.25, -0.2) is 0 Å². The van der Waals surface area contributed by atoms with Crippen molar-refractivity contribution in [2.45, 2.75) is 12.5 Å². The quantitative estimate of drug-likeness (QED) is 0.561. The summed E-state index contributed by atoms with van der Waals surface area (Å²) in [5, 5.41) is 15.3. The molecule has 0 saturated carbocycles. The number of aromatic nitrogens is 4. The van der Waals surface area contributed by atoms with E-state index in [2.05, 4.69) is 15.3 Å². The predicted octanol–water partition coefficient (Wildman–Crippen LogP) is 4.40. The minimum absolute atomic E-state index is 0.153. The Kier molecular flexibility index (Phi) is 4.43. The maximum Gasteiger partial charge on any atom is 0.234 e. The van der Waals surface area contributed by atoms with Gasteiger partial charge in [-0.3, -0.25) is 0 Å². The number of nitrogens with zero attached hydrogens (tertiary/aromatic N) is 4. The minimum Gasteiger partial charge on any atom is -0.324 e. The van der Waals surface area contributed by atoms with Gasteiger partial charge >= 0.3 is 0 Å². The summed E-state index contributed by atoms with van der Waals surface area (Å²) in [5.41, 5.74) is 8.23. The summed E-state index contributed by atoms with van der Waals surface area (Å²) >= 11 is 13.4. The first-order valence-corrected chi connectivity index (χ1v) is 9.15. The molecule has 0 aliphatic carbocycles. The van der Waals surface area contributed by atoms with Gasteiger partial charge in [0.1, 0.15) is 5.01 Å². The Morgan fingerprint density at radius 2 is 1.60 bits per heavy atom. The molecular weight excluding hydrogens is 377 g/mol. The lowest BCUT2D eigenvalue weighted by Gasteiger charge is -2.09. The van der Waals surface area contributed by atoms with Crippen molar-refractivity contribution in [2.75, 3.05) is 0 Å². The van der Waals surface area contributed by atoms with Crippen LogP contribution in [0.15, 0.2) is 48.5 Å². The van der Waals surface area contributed by atoms with Gasteiger partial charge in [-0.1, -0.05) is 46.7 Å². The molecular formula is C17H13Cl2N5S. The van der Waals surface area contributed by atoms with Crippen molar-refractivity contribution in [1.29, 1.82) is 0 Å². The lowest BCUT2D eigenvalue weighted by atomic mass is 10.1. The molecule has 2 N–H and O–H groups in total. The van der Waals surface area contributed by atoms with Crippen LogP contribution in [0, 0.1) is 0 Å². The van der Waals surface area contributed by atoms with Gasteiger partial charge in [-0.15, -0.1) is 10.2 Å². The second-order valence-corrected chi connectivity index (χ2v) is 7.50. The normalized spacial score (nSPS) is 12.6. The van der Waals surface area contributed by atoms with Crippen molar-refractivity contribution < 1.29 is 0 Å². The Morgan fingerprint density at radius 1 is 0.960 bits per heavy atom. The third-order valence-corrected chi connectivity index (χ3v) is 5.25. The van der Waals surface area contributed by atoms with E-state index in [1.807, 2.05) is 48.5 Å². The topological polar surface area (TPSA) is 69.1 Å². The molecule has 0 bridgehead atoms. The fourth-order valence-electron chi connectivity index (χ4n) is 2.53. The number of benzene rings is 2. The van der Waals surface area contributed by atoms with E-state index in [0.29, 0.717) is 22.3 Å². The van der Waals surface area contributed by atoms with E-state index >= 15 is 0 Å². The predicted molar refractivity (Wildman–Crippen MR) is 101 cm³/mol. The monoisotopic (exact) mass is 389 g/mol.